The quantitative estimate of drug-likeness (QED) is 0.876. The van der Waals surface area contributed by atoms with E-state index in [9.17, 15) is 4.79 Å². The van der Waals surface area contributed by atoms with Crippen molar-refractivity contribution in [3.05, 3.63) is 30.3 Å². The third kappa shape index (κ3) is 2.85. The molecule has 0 radical (unpaired) electrons. The molecule has 1 unspecified atom stereocenters. The lowest BCUT2D eigenvalue weighted by Crippen LogP contribution is -2.15. The highest BCUT2D eigenvalue weighted by molar-refractivity contribution is 8.00. The van der Waals surface area contributed by atoms with Gasteiger partial charge in [0, 0.05) is 23.1 Å². The number of carboxylic acids is 1. The third-order valence-corrected chi connectivity index (χ3v) is 3.63. The van der Waals surface area contributed by atoms with E-state index in [0.29, 0.717) is 0 Å². The topological polar surface area (TPSA) is 49.7 Å². The molecule has 0 aromatic heterocycles. The normalized spacial score (nSPS) is 22.5. The minimum Gasteiger partial charge on any atom is -0.481 e. The number of thioether (sulfide) groups is 1. The Hall–Kier alpha value is -1.29. The predicted molar refractivity (Wildman–Crippen MR) is 66.6 cm³/mol. The van der Waals surface area contributed by atoms with E-state index in [4.69, 9.17) is 5.11 Å². The molecular formula is C12H13NO2S. The lowest BCUT2D eigenvalue weighted by atomic mass is 10.0. The first-order valence-corrected chi connectivity index (χ1v) is 6.33. The molecule has 16 heavy (non-hydrogen) atoms. The summed E-state index contributed by atoms with van der Waals surface area (Å²) >= 11 is 1.76. The summed E-state index contributed by atoms with van der Waals surface area (Å²) in [4.78, 5) is 15.2. The second kappa shape index (κ2) is 5.16. The maximum Gasteiger partial charge on any atom is 0.304 e. The predicted octanol–water partition coefficient (Wildman–Crippen LogP) is 2.60. The van der Waals surface area contributed by atoms with Crippen molar-refractivity contribution in [2.45, 2.75) is 6.42 Å². The van der Waals surface area contributed by atoms with Crippen molar-refractivity contribution in [3.8, 4) is 0 Å². The highest BCUT2D eigenvalue weighted by atomic mass is 32.2. The van der Waals surface area contributed by atoms with Crippen LogP contribution in [0.25, 0.3) is 0 Å². The Labute approximate surface area is 98.6 Å². The number of hydrogen-bond donors (Lipinski definition) is 1. The molecule has 2 rings (SSSR count). The highest BCUT2D eigenvalue weighted by Crippen LogP contribution is 2.26. The van der Waals surface area contributed by atoms with E-state index in [1.165, 1.54) is 0 Å². The van der Waals surface area contributed by atoms with Crippen LogP contribution in [0.3, 0.4) is 0 Å². The molecule has 1 heterocycles. The first-order valence-electron chi connectivity index (χ1n) is 5.18. The van der Waals surface area contributed by atoms with Gasteiger partial charge in [-0.2, -0.15) is 11.8 Å². The SMILES string of the molecule is O=C(O)CC1CSCC1=Nc1ccccc1. The maximum atomic E-state index is 10.7. The molecule has 1 atom stereocenters. The lowest BCUT2D eigenvalue weighted by Gasteiger charge is -2.06. The molecule has 3 nitrogen and oxygen atoms in total. The van der Waals surface area contributed by atoms with Crippen LogP contribution in [0.4, 0.5) is 5.69 Å². The van der Waals surface area contributed by atoms with Crippen LogP contribution in [0.1, 0.15) is 6.42 Å². The van der Waals surface area contributed by atoms with Gasteiger partial charge in [-0.25, -0.2) is 0 Å². The Kier molecular flexibility index (Phi) is 3.62. The molecule has 1 aliphatic heterocycles. The Morgan fingerprint density at radius 3 is 2.88 bits per heavy atom. The molecule has 4 heteroatoms. The molecule has 1 aromatic rings. The molecule has 0 spiro atoms. The van der Waals surface area contributed by atoms with Crippen molar-refractivity contribution in [1.29, 1.82) is 0 Å². The smallest absolute Gasteiger partial charge is 0.304 e. The summed E-state index contributed by atoms with van der Waals surface area (Å²) in [6.45, 7) is 0. The van der Waals surface area contributed by atoms with Crippen LogP contribution in [-0.2, 0) is 4.79 Å². The van der Waals surface area contributed by atoms with Crippen LogP contribution in [0.2, 0.25) is 0 Å². The first-order chi connectivity index (χ1) is 7.75. The monoisotopic (exact) mass is 235 g/mol. The largest absolute Gasteiger partial charge is 0.481 e. The van der Waals surface area contributed by atoms with Crippen molar-refractivity contribution < 1.29 is 9.90 Å². The summed E-state index contributed by atoms with van der Waals surface area (Å²) < 4.78 is 0. The Morgan fingerprint density at radius 2 is 2.19 bits per heavy atom. The van der Waals surface area contributed by atoms with Gasteiger partial charge in [0.1, 0.15) is 0 Å². The zero-order valence-electron chi connectivity index (χ0n) is 8.80. The van der Waals surface area contributed by atoms with Crippen LogP contribution in [-0.4, -0.2) is 28.3 Å². The molecule has 0 amide bonds. The number of carbonyl (C=O) groups is 1. The van der Waals surface area contributed by atoms with Gasteiger partial charge in [0.15, 0.2) is 0 Å². The van der Waals surface area contributed by atoms with E-state index < -0.39 is 5.97 Å². The molecule has 0 bridgehead atoms. The molecule has 1 aromatic carbocycles. The van der Waals surface area contributed by atoms with Crippen molar-refractivity contribution in [2.75, 3.05) is 11.5 Å². The standard InChI is InChI=1S/C12H13NO2S/c14-12(15)6-9-7-16-8-11(9)13-10-4-2-1-3-5-10/h1-5,9H,6-8H2,(H,14,15). The van der Waals surface area contributed by atoms with Crippen molar-refractivity contribution in [2.24, 2.45) is 10.9 Å². The molecular weight excluding hydrogens is 222 g/mol. The van der Waals surface area contributed by atoms with Crippen LogP contribution in [0, 0.1) is 5.92 Å². The van der Waals surface area contributed by atoms with E-state index in [1.54, 1.807) is 11.8 Å². The maximum absolute atomic E-state index is 10.7. The summed E-state index contributed by atoms with van der Waals surface area (Å²) in [6.07, 6.45) is 0.193. The number of aliphatic carboxylic acids is 1. The fourth-order valence-corrected chi connectivity index (χ4v) is 2.92. The van der Waals surface area contributed by atoms with Gasteiger partial charge < -0.3 is 5.11 Å². The molecule has 1 N–H and O–H groups in total. The number of benzene rings is 1. The number of nitrogens with zero attached hydrogens (tertiary/aromatic N) is 1. The minimum atomic E-state index is -0.742. The first kappa shape index (κ1) is 11.2. The van der Waals surface area contributed by atoms with Crippen LogP contribution < -0.4 is 0 Å². The average molecular weight is 235 g/mol. The van der Waals surface area contributed by atoms with Gasteiger partial charge in [-0.15, -0.1) is 0 Å². The minimum absolute atomic E-state index is 0.0997. The van der Waals surface area contributed by atoms with Crippen LogP contribution in [0.15, 0.2) is 35.3 Å². The summed E-state index contributed by atoms with van der Waals surface area (Å²) in [5, 5.41) is 8.79. The zero-order chi connectivity index (χ0) is 11.4. The fourth-order valence-electron chi connectivity index (χ4n) is 1.70. The van der Waals surface area contributed by atoms with Gasteiger partial charge in [0.2, 0.25) is 0 Å². The molecule has 1 aliphatic rings. The van der Waals surface area contributed by atoms with E-state index in [2.05, 4.69) is 4.99 Å². The van der Waals surface area contributed by atoms with Crippen molar-refractivity contribution >= 4 is 29.1 Å². The fraction of sp³-hybridized carbons (Fsp3) is 0.333. The molecule has 84 valence electrons. The van der Waals surface area contributed by atoms with Gasteiger partial charge in [0.05, 0.1) is 12.1 Å². The van der Waals surface area contributed by atoms with Gasteiger partial charge in [-0.3, -0.25) is 9.79 Å². The molecule has 0 saturated carbocycles. The van der Waals surface area contributed by atoms with E-state index in [-0.39, 0.29) is 12.3 Å². The highest BCUT2D eigenvalue weighted by Gasteiger charge is 2.25. The van der Waals surface area contributed by atoms with E-state index in [0.717, 1.165) is 22.9 Å². The summed E-state index contributed by atoms with van der Waals surface area (Å²) in [7, 11) is 0. The number of aliphatic imine (C=N–C) groups is 1. The summed E-state index contributed by atoms with van der Waals surface area (Å²) in [5.74, 6) is 1.08. The molecule has 0 aliphatic carbocycles. The van der Waals surface area contributed by atoms with E-state index >= 15 is 0 Å². The van der Waals surface area contributed by atoms with Gasteiger partial charge in [-0.05, 0) is 12.1 Å². The second-order valence-electron chi connectivity index (χ2n) is 3.75. The average Bonchev–Trinajstić information content (AvgIpc) is 2.66. The van der Waals surface area contributed by atoms with Crippen molar-refractivity contribution in [3.63, 3.8) is 0 Å². The van der Waals surface area contributed by atoms with Crippen molar-refractivity contribution in [1.82, 2.24) is 0 Å². The van der Waals surface area contributed by atoms with Crippen LogP contribution in [0.5, 0.6) is 0 Å². The third-order valence-electron chi connectivity index (χ3n) is 2.49. The summed E-state index contributed by atoms with van der Waals surface area (Å²) in [5.41, 5.74) is 1.92. The Balaban J connectivity index is 2.13. The number of carboxylic acid groups (broad SMARTS) is 1. The van der Waals surface area contributed by atoms with E-state index in [1.807, 2.05) is 30.3 Å². The van der Waals surface area contributed by atoms with Gasteiger partial charge in [-0.1, -0.05) is 18.2 Å². The number of para-hydroxylation sites is 1. The Morgan fingerprint density at radius 1 is 1.44 bits per heavy atom. The Bertz CT molecular complexity index is 403. The van der Waals surface area contributed by atoms with Crippen LogP contribution >= 0.6 is 11.8 Å². The molecule has 1 fully saturated rings. The lowest BCUT2D eigenvalue weighted by molar-refractivity contribution is -0.137. The number of hydrogen-bond acceptors (Lipinski definition) is 3. The zero-order valence-corrected chi connectivity index (χ0v) is 9.61. The van der Waals surface area contributed by atoms with Gasteiger partial charge in [0.25, 0.3) is 0 Å². The summed E-state index contributed by atoms with van der Waals surface area (Å²) in [6, 6.07) is 9.70. The van der Waals surface area contributed by atoms with Gasteiger partial charge >= 0.3 is 5.97 Å². The second-order valence-corrected chi connectivity index (χ2v) is 4.78. The molecule has 1 saturated heterocycles. The number of rotatable bonds is 3.